The number of halogens is 2. The molecule has 2 aromatic carbocycles. The highest BCUT2D eigenvalue weighted by atomic mass is 19.3. The molecule has 5 nitrogen and oxygen atoms in total. The molecule has 1 N–H and O–H groups in total. The predicted octanol–water partition coefficient (Wildman–Crippen LogP) is 5.64. The van der Waals surface area contributed by atoms with E-state index in [-0.39, 0.29) is 23.8 Å². The number of hydrogen-bond donors (Lipinski definition) is 1. The maximum Gasteiger partial charge on any atom is 0.387 e. The lowest BCUT2D eigenvalue weighted by molar-refractivity contribution is -0.0494. The normalized spacial score (nSPS) is 10.8. The summed E-state index contributed by atoms with van der Waals surface area (Å²) in [7, 11) is 0. The van der Waals surface area contributed by atoms with Crippen molar-refractivity contribution in [1.29, 1.82) is 0 Å². The molecule has 0 saturated heterocycles. The number of nitrogens with one attached hydrogen (secondary N) is 1. The number of carbonyl (C=O) groups excluding carboxylic acids is 1. The molecule has 0 atom stereocenters. The van der Waals surface area contributed by atoms with Gasteiger partial charge in [-0.05, 0) is 61.7 Å². The van der Waals surface area contributed by atoms with Gasteiger partial charge in [-0.25, -0.2) is 0 Å². The molecule has 0 aliphatic heterocycles. The van der Waals surface area contributed by atoms with Crippen molar-refractivity contribution in [3.63, 3.8) is 0 Å². The molecule has 1 amide bonds. The molecule has 0 spiro atoms. The van der Waals surface area contributed by atoms with Gasteiger partial charge < -0.3 is 19.2 Å². The molecule has 152 valence electrons. The quantitative estimate of drug-likeness (QED) is 0.557. The van der Waals surface area contributed by atoms with E-state index in [4.69, 9.17) is 9.15 Å². The molecule has 3 rings (SSSR count). The molecule has 7 heteroatoms. The summed E-state index contributed by atoms with van der Waals surface area (Å²) in [5.74, 6) is 0.576. The molecule has 0 bridgehead atoms. The Bertz CT molecular complexity index is 994. The van der Waals surface area contributed by atoms with Crippen molar-refractivity contribution < 1.29 is 27.5 Å². The maximum absolute atomic E-state index is 12.6. The molecule has 0 unspecified atom stereocenters. The first kappa shape index (κ1) is 20.4. The molecule has 0 aliphatic rings. The zero-order valence-electron chi connectivity index (χ0n) is 16.3. The second-order valence-corrected chi connectivity index (χ2v) is 6.61. The van der Waals surface area contributed by atoms with Crippen molar-refractivity contribution >= 4 is 11.6 Å². The average Bonchev–Trinajstić information content (AvgIpc) is 3.12. The Kier molecular flexibility index (Phi) is 6.16. The first-order valence-electron chi connectivity index (χ1n) is 8.98. The number of alkyl halides is 2. The van der Waals surface area contributed by atoms with Crippen LogP contribution in [-0.4, -0.2) is 12.5 Å². The van der Waals surface area contributed by atoms with Gasteiger partial charge in [0.05, 0.1) is 5.69 Å². The lowest BCUT2D eigenvalue weighted by Crippen LogP contribution is -2.13. The van der Waals surface area contributed by atoms with Crippen LogP contribution < -0.4 is 14.8 Å². The summed E-state index contributed by atoms with van der Waals surface area (Å²) in [4.78, 5) is 12.4. The highest BCUT2D eigenvalue weighted by Crippen LogP contribution is 2.28. The summed E-state index contributed by atoms with van der Waals surface area (Å²) in [5.41, 5.74) is 2.86. The van der Waals surface area contributed by atoms with E-state index >= 15 is 0 Å². The number of amides is 1. The zero-order valence-corrected chi connectivity index (χ0v) is 16.3. The molecule has 1 heterocycles. The van der Waals surface area contributed by atoms with E-state index in [1.807, 2.05) is 32.0 Å². The molecule has 3 aromatic rings. The Morgan fingerprint density at radius 1 is 1.07 bits per heavy atom. The number of aryl methyl sites for hydroxylation is 3. The van der Waals surface area contributed by atoms with Gasteiger partial charge in [0.1, 0.15) is 23.9 Å². The molecule has 0 radical (unpaired) electrons. The second-order valence-electron chi connectivity index (χ2n) is 6.61. The third kappa shape index (κ3) is 5.13. The fourth-order valence-corrected chi connectivity index (χ4v) is 2.86. The molecular formula is C22H21F2NO4. The summed E-state index contributed by atoms with van der Waals surface area (Å²) in [5, 5.41) is 2.53. The van der Waals surface area contributed by atoms with Crippen molar-refractivity contribution in [2.75, 3.05) is 5.32 Å². The van der Waals surface area contributed by atoms with E-state index in [0.29, 0.717) is 5.76 Å². The predicted molar refractivity (Wildman–Crippen MR) is 105 cm³/mol. The lowest BCUT2D eigenvalue weighted by Gasteiger charge is -2.12. The van der Waals surface area contributed by atoms with Crippen LogP contribution in [0.4, 0.5) is 14.5 Å². The van der Waals surface area contributed by atoms with Gasteiger partial charge in [-0.15, -0.1) is 0 Å². The highest BCUT2D eigenvalue weighted by Gasteiger charge is 2.16. The van der Waals surface area contributed by atoms with Gasteiger partial charge >= 0.3 is 6.61 Å². The van der Waals surface area contributed by atoms with Crippen LogP contribution in [0.2, 0.25) is 0 Å². The number of rotatable bonds is 7. The van der Waals surface area contributed by atoms with Gasteiger partial charge in [0.15, 0.2) is 5.76 Å². The number of benzene rings is 2. The number of furan rings is 1. The van der Waals surface area contributed by atoms with Crippen LogP contribution in [0.1, 0.15) is 33.0 Å². The number of hydrogen-bond acceptors (Lipinski definition) is 4. The molecule has 29 heavy (non-hydrogen) atoms. The van der Waals surface area contributed by atoms with Crippen molar-refractivity contribution in [1.82, 2.24) is 0 Å². The molecule has 0 aliphatic carbocycles. The molecule has 0 fully saturated rings. The SMILES string of the molecule is Cc1ccc(NC(=O)c2ccc(COc3c(C)cccc3C)o2)c(OC(F)F)c1. The summed E-state index contributed by atoms with van der Waals surface area (Å²) in [6.45, 7) is 2.79. The number of para-hydroxylation sites is 1. The largest absolute Gasteiger partial charge is 0.485 e. The number of anilines is 1. The van der Waals surface area contributed by atoms with Crippen LogP contribution >= 0.6 is 0 Å². The van der Waals surface area contributed by atoms with Gasteiger partial charge in [-0.1, -0.05) is 24.3 Å². The number of ether oxygens (including phenoxy) is 2. The Balaban J connectivity index is 1.68. The lowest BCUT2D eigenvalue weighted by atomic mass is 10.1. The third-order valence-corrected chi connectivity index (χ3v) is 4.25. The second kappa shape index (κ2) is 8.77. The Hall–Kier alpha value is -3.35. The van der Waals surface area contributed by atoms with E-state index in [1.165, 1.54) is 18.2 Å². The minimum atomic E-state index is -3.00. The van der Waals surface area contributed by atoms with E-state index < -0.39 is 12.5 Å². The van der Waals surface area contributed by atoms with Crippen molar-refractivity contribution in [3.8, 4) is 11.5 Å². The van der Waals surface area contributed by atoms with Crippen LogP contribution in [0.3, 0.4) is 0 Å². The first-order chi connectivity index (χ1) is 13.8. The minimum Gasteiger partial charge on any atom is -0.485 e. The molecular weight excluding hydrogens is 380 g/mol. The van der Waals surface area contributed by atoms with Gasteiger partial charge in [-0.3, -0.25) is 4.79 Å². The smallest absolute Gasteiger partial charge is 0.387 e. The van der Waals surface area contributed by atoms with Crippen LogP contribution in [0.15, 0.2) is 52.9 Å². The maximum atomic E-state index is 12.6. The van der Waals surface area contributed by atoms with Gasteiger partial charge in [-0.2, -0.15) is 8.78 Å². The fraction of sp³-hybridized carbons (Fsp3) is 0.227. The Morgan fingerprint density at radius 2 is 1.79 bits per heavy atom. The monoisotopic (exact) mass is 401 g/mol. The van der Waals surface area contributed by atoms with Gasteiger partial charge in [0.2, 0.25) is 0 Å². The van der Waals surface area contributed by atoms with Crippen molar-refractivity contribution in [3.05, 3.63) is 76.7 Å². The van der Waals surface area contributed by atoms with E-state index in [1.54, 1.807) is 19.1 Å². The summed E-state index contributed by atoms with van der Waals surface area (Å²) < 4.78 is 41.0. The van der Waals surface area contributed by atoms with E-state index in [2.05, 4.69) is 10.1 Å². The first-order valence-corrected chi connectivity index (χ1v) is 8.98. The zero-order chi connectivity index (χ0) is 21.0. The van der Waals surface area contributed by atoms with E-state index in [0.717, 1.165) is 22.4 Å². The van der Waals surface area contributed by atoms with Gasteiger partial charge in [0.25, 0.3) is 5.91 Å². The summed E-state index contributed by atoms with van der Waals surface area (Å²) >= 11 is 0. The Morgan fingerprint density at radius 3 is 2.48 bits per heavy atom. The van der Waals surface area contributed by atoms with Crippen LogP contribution in [-0.2, 0) is 6.61 Å². The number of carbonyl (C=O) groups is 1. The average molecular weight is 401 g/mol. The highest BCUT2D eigenvalue weighted by molar-refractivity contribution is 6.03. The molecule has 1 aromatic heterocycles. The fourth-order valence-electron chi connectivity index (χ4n) is 2.86. The van der Waals surface area contributed by atoms with Crippen LogP contribution in [0, 0.1) is 20.8 Å². The van der Waals surface area contributed by atoms with Crippen molar-refractivity contribution in [2.45, 2.75) is 34.0 Å². The Labute approximate surface area is 167 Å². The van der Waals surface area contributed by atoms with Gasteiger partial charge in [0, 0.05) is 0 Å². The molecule has 0 saturated carbocycles. The standard InChI is InChI=1S/C22H21F2NO4/c1-13-7-9-17(19(11-13)29-22(23)24)25-21(26)18-10-8-16(28-18)12-27-20-14(2)5-4-6-15(20)3/h4-11,22H,12H2,1-3H3,(H,25,26). The van der Waals surface area contributed by atoms with Crippen LogP contribution in [0.5, 0.6) is 11.5 Å². The van der Waals surface area contributed by atoms with Crippen molar-refractivity contribution in [2.24, 2.45) is 0 Å². The third-order valence-electron chi connectivity index (χ3n) is 4.25. The van der Waals surface area contributed by atoms with E-state index in [9.17, 15) is 13.6 Å². The summed E-state index contributed by atoms with van der Waals surface area (Å²) in [6.07, 6.45) is 0. The van der Waals surface area contributed by atoms with Crippen LogP contribution in [0.25, 0.3) is 0 Å². The minimum absolute atomic E-state index is 0.0358. The summed E-state index contributed by atoms with van der Waals surface area (Å²) in [6, 6.07) is 13.6. The topological polar surface area (TPSA) is 60.7 Å².